The van der Waals surface area contributed by atoms with Crippen LogP contribution in [0.5, 0.6) is 0 Å². The number of nitrogens with zero attached hydrogens (tertiary/aromatic N) is 3. The Kier molecular flexibility index (Phi) is 4.86. The van der Waals surface area contributed by atoms with Crippen molar-refractivity contribution >= 4 is 0 Å². The Morgan fingerprint density at radius 2 is 2.00 bits per heavy atom. The first kappa shape index (κ1) is 15.5. The van der Waals surface area contributed by atoms with E-state index in [-0.39, 0.29) is 11.6 Å². The van der Waals surface area contributed by atoms with Crippen molar-refractivity contribution in [3.63, 3.8) is 0 Å². The van der Waals surface area contributed by atoms with E-state index in [4.69, 9.17) is 5.73 Å². The van der Waals surface area contributed by atoms with Crippen LogP contribution in [0, 0.1) is 6.92 Å². The minimum Gasteiger partial charge on any atom is -0.326 e. The molecule has 2 atom stereocenters. The fourth-order valence-electron chi connectivity index (χ4n) is 3.43. The Morgan fingerprint density at radius 1 is 1.35 bits per heavy atom. The van der Waals surface area contributed by atoms with Crippen LogP contribution < -0.4 is 5.73 Å². The molecule has 2 N–H and O–H groups in total. The second-order valence-electron chi connectivity index (χ2n) is 6.47. The maximum atomic E-state index is 6.62. The smallest absolute Gasteiger partial charge is 0.0596 e. The molecule has 0 aliphatic carbocycles. The van der Waals surface area contributed by atoms with Crippen molar-refractivity contribution in [3.05, 3.63) is 17.5 Å². The van der Waals surface area contributed by atoms with Gasteiger partial charge in [-0.05, 0) is 52.3 Å². The normalized spacial score (nSPS) is 21.6. The lowest BCUT2D eigenvalue weighted by molar-refractivity contribution is 0.0541. The van der Waals surface area contributed by atoms with Crippen molar-refractivity contribution in [2.75, 3.05) is 13.1 Å². The first-order valence-electron chi connectivity index (χ1n) is 7.97. The summed E-state index contributed by atoms with van der Waals surface area (Å²) < 4.78 is 1.97. The van der Waals surface area contributed by atoms with Crippen molar-refractivity contribution in [2.24, 2.45) is 12.8 Å². The van der Waals surface area contributed by atoms with E-state index >= 15 is 0 Å². The summed E-state index contributed by atoms with van der Waals surface area (Å²) in [6.07, 6.45) is 6.00. The van der Waals surface area contributed by atoms with E-state index < -0.39 is 0 Å². The Bertz CT molecular complexity index is 434. The van der Waals surface area contributed by atoms with Gasteiger partial charge in [0.1, 0.15) is 0 Å². The zero-order valence-corrected chi connectivity index (χ0v) is 13.5. The van der Waals surface area contributed by atoms with E-state index in [1.54, 1.807) is 0 Å². The lowest BCUT2D eigenvalue weighted by Crippen LogP contribution is -2.59. The van der Waals surface area contributed by atoms with Crippen molar-refractivity contribution in [3.8, 4) is 0 Å². The topological polar surface area (TPSA) is 47.1 Å². The molecule has 0 spiro atoms. The predicted molar refractivity (Wildman–Crippen MR) is 83.7 cm³/mol. The Hall–Kier alpha value is -0.870. The van der Waals surface area contributed by atoms with Crippen LogP contribution in [-0.4, -0.2) is 39.4 Å². The molecule has 1 aliphatic rings. The number of likely N-dealkylation sites (tertiary alicyclic amines) is 1. The van der Waals surface area contributed by atoms with Gasteiger partial charge in [-0.25, -0.2) is 0 Å². The van der Waals surface area contributed by atoms with Crippen LogP contribution in [0.3, 0.4) is 0 Å². The summed E-state index contributed by atoms with van der Waals surface area (Å²) in [4.78, 5) is 2.62. The molecule has 4 heteroatoms. The van der Waals surface area contributed by atoms with Gasteiger partial charge in [-0.2, -0.15) is 5.10 Å². The lowest BCUT2D eigenvalue weighted by Gasteiger charge is -2.46. The highest BCUT2D eigenvalue weighted by molar-refractivity contribution is 5.12. The van der Waals surface area contributed by atoms with Crippen LogP contribution in [0.15, 0.2) is 6.07 Å². The van der Waals surface area contributed by atoms with Gasteiger partial charge >= 0.3 is 0 Å². The monoisotopic (exact) mass is 278 g/mol. The van der Waals surface area contributed by atoms with Gasteiger partial charge in [-0.1, -0.05) is 13.3 Å². The summed E-state index contributed by atoms with van der Waals surface area (Å²) in [6.45, 7) is 9.04. The molecular weight excluding hydrogens is 248 g/mol. The molecule has 114 valence electrons. The van der Waals surface area contributed by atoms with Crippen LogP contribution >= 0.6 is 0 Å². The third kappa shape index (κ3) is 3.07. The molecule has 0 bridgehead atoms. The van der Waals surface area contributed by atoms with Crippen LogP contribution in [-0.2, 0) is 13.5 Å². The fourth-order valence-corrected chi connectivity index (χ4v) is 3.43. The molecule has 0 amide bonds. The van der Waals surface area contributed by atoms with Gasteiger partial charge in [-0.3, -0.25) is 9.58 Å². The Morgan fingerprint density at radius 3 is 2.50 bits per heavy atom. The zero-order valence-electron chi connectivity index (χ0n) is 13.5. The van der Waals surface area contributed by atoms with Gasteiger partial charge in [0.2, 0.25) is 0 Å². The van der Waals surface area contributed by atoms with Crippen LogP contribution in [0.2, 0.25) is 0 Å². The molecule has 2 unspecified atom stereocenters. The number of aryl methyl sites for hydroxylation is 2. The fraction of sp³-hybridized carbons (Fsp3) is 0.812. The summed E-state index contributed by atoms with van der Waals surface area (Å²) in [7, 11) is 2.01. The number of piperidine rings is 1. The zero-order chi connectivity index (χ0) is 14.8. The second kappa shape index (κ2) is 6.27. The SMILES string of the molecule is CCC(C)(C(N)Cc1cc(C)nn1C)N1CCCCC1. The minimum atomic E-state index is 0.0958. The first-order chi connectivity index (χ1) is 9.47. The van der Waals surface area contributed by atoms with E-state index in [0.717, 1.165) is 18.5 Å². The van der Waals surface area contributed by atoms with Crippen molar-refractivity contribution < 1.29 is 0 Å². The number of nitrogens with two attached hydrogens (primary N) is 1. The molecule has 0 aromatic carbocycles. The molecule has 2 heterocycles. The van der Waals surface area contributed by atoms with Gasteiger partial charge in [0.05, 0.1) is 5.69 Å². The molecule has 1 aliphatic heterocycles. The number of hydrogen-bond donors (Lipinski definition) is 1. The number of hydrogen-bond acceptors (Lipinski definition) is 3. The van der Waals surface area contributed by atoms with Gasteiger partial charge in [0, 0.05) is 30.7 Å². The summed E-state index contributed by atoms with van der Waals surface area (Å²) in [5, 5.41) is 4.43. The van der Waals surface area contributed by atoms with Crippen molar-refractivity contribution in [2.45, 2.75) is 64.5 Å². The molecular formula is C16H30N4. The molecule has 1 aromatic rings. The summed E-state index contributed by atoms with van der Waals surface area (Å²) in [5.74, 6) is 0. The highest BCUT2D eigenvalue weighted by atomic mass is 15.3. The largest absolute Gasteiger partial charge is 0.326 e. The average Bonchev–Trinajstić information content (AvgIpc) is 2.76. The standard InChI is InChI=1S/C16H30N4/c1-5-16(3,20-9-7-6-8-10-20)15(17)12-14-11-13(2)18-19(14)4/h11,15H,5-10,12,17H2,1-4H3. The van der Waals surface area contributed by atoms with Crippen LogP contribution in [0.4, 0.5) is 0 Å². The highest BCUT2D eigenvalue weighted by Gasteiger charge is 2.37. The summed E-state index contributed by atoms with van der Waals surface area (Å²) >= 11 is 0. The lowest BCUT2D eigenvalue weighted by atomic mass is 9.83. The maximum Gasteiger partial charge on any atom is 0.0596 e. The maximum absolute atomic E-state index is 6.62. The molecule has 1 saturated heterocycles. The number of rotatable bonds is 5. The van der Waals surface area contributed by atoms with Crippen molar-refractivity contribution in [1.29, 1.82) is 0 Å². The minimum absolute atomic E-state index is 0.0958. The number of aromatic nitrogens is 2. The van der Waals surface area contributed by atoms with Crippen LogP contribution in [0.25, 0.3) is 0 Å². The summed E-state index contributed by atoms with van der Waals surface area (Å²) in [6, 6.07) is 2.31. The molecule has 1 fully saturated rings. The second-order valence-corrected chi connectivity index (χ2v) is 6.47. The average molecular weight is 278 g/mol. The molecule has 0 saturated carbocycles. The third-order valence-corrected chi connectivity index (χ3v) is 5.12. The predicted octanol–water partition coefficient (Wildman–Crippen LogP) is 2.25. The molecule has 20 heavy (non-hydrogen) atoms. The first-order valence-corrected chi connectivity index (χ1v) is 7.97. The van der Waals surface area contributed by atoms with E-state index in [2.05, 4.69) is 29.9 Å². The van der Waals surface area contributed by atoms with Gasteiger partial charge in [0.15, 0.2) is 0 Å². The van der Waals surface area contributed by atoms with Crippen LogP contribution in [0.1, 0.15) is 50.9 Å². The van der Waals surface area contributed by atoms with E-state index in [9.17, 15) is 0 Å². The quantitative estimate of drug-likeness (QED) is 0.898. The highest BCUT2D eigenvalue weighted by Crippen LogP contribution is 2.28. The Balaban J connectivity index is 2.11. The molecule has 0 radical (unpaired) electrons. The molecule has 1 aromatic heterocycles. The van der Waals surface area contributed by atoms with Gasteiger partial charge in [-0.15, -0.1) is 0 Å². The van der Waals surface area contributed by atoms with Gasteiger partial charge in [0.25, 0.3) is 0 Å². The molecule has 2 rings (SSSR count). The summed E-state index contributed by atoms with van der Waals surface area (Å²) in [5.41, 5.74) is 9.03. The third-order valence-electron chi connectivity index (χ3n) is 5.12. The van der Waals surface area contributed by atoms with Crippen molar-refractivity contribution in [1.82, 2.24) is 14.7 Å². The molecule has 4 nitrogen and oxygen atoms in total. The van der Waals surface area contributed by atoms with Gasteiger partial charge < -0.3 is 5.73 Å². The van der Waals surface area contributed by atoms with E-state index in [1.165, 1.54) is 38.0 Å². The van der Waals surface area contributed by atoms with E-state index in [0.29, 0.717) is 0 Å². The Labute approximate surface area is 123 Å². The van der Waals surface area contributed by atoms with E-state index in [1.807, 2.05) is 18.7 Å².